The average Bonchev–Trinajstić information content (AvgIpc) is 3.45. The van der Waals surface area contributed by atoms with Crippen molar-refractivity contribution < 1.29 is 9.21 Å². The predicted molar refractivity (Wildman–Crippen MR) is 107 cm³/mol. The van der Waals surface area contributed by atoms with Crippen LogP contribution in [0.1, 0.15) is 28.8 Å². The number of nitrogens with one attached hydrogen (secondary N) is 1. The SMILES string of the molecule is Cc1oc(-c2ccccc2)nc1CN1C=CN2NC(c3cccs3)CC2C1=O. The molecule has 7 heteroatoms. The predicted octanol–water partition coefficient (Wildman–Crippen LogP) is 3.85. The molecule has 28 heavy (non-hydrogen) atoms. The van der Waals surface area contributed by atoms with E-state index in [4.69, 9.17) is 4.42 Å². The molecule has 1 N–H and O–H groups in total. The molecule has 0 radical (unpaired) electrons. The summed E-state index contributed by atoms with van der Waals surface area (Å²) in [6, 6.07) is 13.9. The molecule has 4 heterocycles. The fourth-order valence-electron chi connectivity index (χ4n) is 3.68. The van der Waals surface area contributed by atoms with Crippen molar-refractivity contribution in [3.05, 3.63) is 76.6 Å². The van der Waals surface area contributed by atoms with Gasteiger partial charge in [0.05, 0.1) is 12.6 Å². The van der Waals surface area contributed by atoms with E-state index < -0.39 is 0 Å². The summed E-state index contributed by atoms with van der Waals surface area (Å²) in [7, 11) is 0. The number of thiophene rings is 1. The molecule has 0 aliphatic carbocycles. The Labute approximate surface area is 167 Å². The topological polar surface area (TPSA) is 61.6 Å². The molecule has 0 saturated carbocycles. The third-order valence-electron chi connectivity index (χ3n) is 5.20. The average molecular weight is 392 g/mol. The highest BCUT2D eigenvalue weighted by atomic mass is 32.1. The van der Waals surface area contributed by atoms with Gasteiger partial charge in [-0.3, -0.25) is 4.79 Å². The molecule has 1 amide bonds. The van der Waals surface area contributed by atoms with Crippen LogP contribution in [-0.4, -0.2) is 26.8 Å². The quantitative estimate of drug-likeness (QED) is 0.731. The maximum absolute atomic E-state index is 13.1. The first-order valence-corrected chi connectivity index (χ1v) is 10.2. The van der Waals surface area contributed by atoms with E-state index in [0.717, 1.165) is 23.4 Å². The molecule has 1 fully saturated rings. The number of hydrogen-bond acceptors (Lipinski definition) is 6. The summed E-state index contributed by atoms with van der Waals surface area (Å²) in [5.74, 6) is 1.41. The Hall–Kier alpha value is -2.90. The van der Waals surface area contributed by atoms with Gasteiger partial charge in [0, 0.05) is 29.3 Å². The first-order chi connectivity index (χ1) is 13.7. The van der Waals surface area contributed by atoms with Crippen LogP contribution in [0.25, 0.3) is 11.5 Å². The van der Waals surface area contributed by atoms with Gasteiger partial charge in [0.1, 0.15) is 17.5 Å². The second kappa shape index (κ2) is 6.92. The summed E-state index contributed by atoms with van der Waals surface area (Å²) in [4.78, 5) is 20.7. The van der Waals surface area contributed by atoms with Crippen molar-refractivity contribution in [2.24, 2.45) is 0 Å². The molecule has 2 unspecified atom stereocenters. The van der Waals surface area contributed by atoms with Gasteiger partial charge in [0.2, 0.25) is 5.89 Å². The molecular formula is C21H20N4O2S. The molecule has 2 atom stereocenters. The molecule has 5 rings (SSSR count). The first kappa shape index (κ1) is 17.2. The highest BCUT2D eigenvalue weighted by Crippen LogP contribution is 2.33. The Morgan fingerprint density at radius 3 is 2.86 bits per heavy atom. The standard InChI is InChI=1S/C21H20N4O2S/c1-14-17(22-20(27-14)15-6-3-2-4-7-15)13-24-9-10-25-18(21(24)26)12-16(23-25)19-8-5-11-28-19/h2-11,16,18,23H,12-13H2,1H3. The third kappa shape index (κ3) is 3.02. The van der Waals surface area contributed by atoms with E-state index in [1.807, 2.05) is 60.7 Å². The molecule has 0 bridgehead atoms. The molecule has 1 saturated heterocycles. The van der Waals surface area contributed by atoms with Gasteiger partial charge < -0.3 is 14.3 Å². The number of nitrogens with zero attached hydrogens (tertiary/aromatic N) is 3. The van der Waals surface area contributed by atoms with Crippen molar-refractivity contribution >= 4 is 17.2 Å². The number of fused-ring (bicyclic) bond motifs is 1. The number of rotatable bonds is 4. The molecule has 3 aromatic rings. The minimum atomic E-state index is -0.196. The zero-order valence-electron chi connectivity index (χ0n) is 15.4. The van der Waals surface area contributed by atoms with Gasteiger partial charge in [0.15, 0.2) is 0 Å². The number of amides is 1. The summed E-state index contributed by atoms with van der Waals surface area (Å²) in [5, 5.41) is 3.99. The van der Waals surface area contributed by atoms with E-state index >= 15 is 0 Å². The number of aryl methyl sites for hydroxylation is 1. The molecule has 142 valence electrons. The minimum absolute atomic E-state index is 0.0812. The molecular weight excluding hydrogens is 372 g/mol. The van der Waals surface area contributed by atoms with Crippen molar-refractivity contribution in [1.29, 1.82) is 0 Å². The number of carbonyl (C=O) groups is 1. The van der Waals surface area contributed by atoms with Crippen molar-refractivity contribution in [3.8, 4) is 11.5 Å². The lowest BCUT2D eigenvalue weighted by atomic mass is 10.1. The van der Waals surface area contributed by atoms with Crippen LogP contribution in [0.3, 0.4) is 0 Å². The van der Waals surface area contributed by atoms with E-state index in [0.29, 0.717) is 12.4 Å². The maximum Gasteiger partial charge on any atom is 0.251 e. The first-order valence-electron chi connectivity index (χ1n) is 9.27. The van der Waals surface area contributed by atoms with E-state index in [-0.39, 0.29) is 18.0 Å². The zero-order chi connectivity index (χ0) is 19.1. The molecule has 1 aromatic carbocycles. The summed E-state index contributed by atoms with van der Waals surface area (Å²) < 4.78 is 5.84. The van der Waals surface area contributed by atoms with Crippen molar-refractivity contribution in [2.45, 2.75) is 32.0 Å². The van der Waals surface area contributed by atoms with Crippen LogP contribution >= 0.6 is 11.3 Å². The number of carbonyl (C=O) groups excluding carboxylic acids is 1. The highest BCUT2D eigenvalue weighted by Gasteiger charge is 2.40. The van der Waals surface area contributed by atoms with Gasteiger partial charge in [0.25, 0.3) is 5.91 Å². The largest absolute Gasteiger partial charge is 0.441 e. The summed E-state index contributed by atoms with van der Waals surface area (Å²) in [5.41, 5.74) is 5.14. The molecule has 2 aliphatic rings. The van der Waals surface area contributed by atoms with Crippen LogP contribution < -0.4 is 5.43 Å². The number of oxazole rings is 1. The van der Waals surface area contributed by atoms with E-state index in [2.05, 4.69) is 21.9 Å². The molecule has 2 aliphatic heterocycles. The highest BCUT2D eigenvalue weighted by molar-refractivity contribution is 7.10. The summed E-state index contributed by atoms with van der Waals surface area (Å²) >= 11 is 1.71. The van der Waals surface area contributed by atoms with Gasteiger partial charge in [-0.2, -0.15) is 0 Å². The molecule has 0 spiro atoms. The van der Waals surface area contributed by atoms with Gasteiger partial charge in [-0.25, -0.2) is 10.4 Å². The fraction of sp³-hybridized carbons (Fsp3) is 0.238. The Morgan fingerprint density at radius 2 is 2.07 bits per heavy atom. The number of hydrogen-bond donors (Lipinski definition) is 1. The Kier molecular flexibility index (Phi) is 4.26. The fourth-order valence-corrected chi connectivity index (χ4v) is 4.47. The lowest BCUT2D eigenvalue weighted by molar-refractivity contribution is -0.135. The van der Waals surface area contributed by atoms with E-state index in [1.165, 1.54) is 4.88 Å². The van der Waals surface area contributed by atoms with Crippen LogP contribution in [0.15, 0.2) is 64.7 Å². The van der Waals surface area contributed by atoms with E-state index in [1.54, 1.807) is 16.2 Å². The Bertz CT molecular complexity index is 1010. The lowest BCUT2D eigenvalue weighted by Crippen LogP contribution is -2.47. The smallest absolute Gasteiger partial charge is 0.251 e. The Morgan fingerprint density at radius 1 is 1.21 bits per heavy atom. The number of hydrazine groups is 1. The van der Waals surface area contributed by atoms with Crippen LogP contribution in [-0.2, 0) is 11.3 Å². The third-order valence-corrected chi connectivity index (χ3v) is 6.18. The van der Waals surface area contributed by atoms with Crippen LogP contribution in [0, 0.1) is 6.92 Å². The van der Waals surface area contributed by atoms with Gasteiger partial charge in [-0.05, 0) is 30.5 Å². The summed E-state index contributed by atoms with van der Waals surface area (Å²) in [6.45, 7) is 2.30. The maximum atomic E-state index is 13.1. The van der Waals surface area contributed by atoms with Crippen molar-refractivity contribution in [1.82, 2.24) is 20.3 Å². The van der Waals surface area contributed by atoms with Crippen LogP contribution in [0.5, 0.6) is 0 Å². The van der Waals surface area contributed by atoms with Crippen LogP contribution in [0.2, 0.25) is 0 Å². The van der Waals surface area contributed by atoms with Crippen molar-refractivity contribution in [3.63, 3.8) is 0 Å². The van der Waals surface area contributed by atoms with Gasteiger partial charge in [-0.1, -0.05) is 24.3 Å². The van der Waals surface area contributed by atoms with Gasteiger partial charge >= 0.3 is 0 Å². The monoisotopic (exact) mass is 392 g/mol. The zero-order valence-corrected chi connectivity index (χ0v) is 16.2. The summed E-state index contributed by atoms with van der Waals surface area (Å²) in [6.07, 6.45) is 4.51. The minimum Gasteiger partial charge on any atom is -0.441 e. The van der Waals surface area contributed by atoms with Gasteiger partial charge in [-0.15, -0.1) is 11.3 Å². The second-order valence-electron chi connectivity index (χ2n) is 7.01. The van der Waals surface area contributed by atoms with Crippen LogP contribution in [0.4, 0.5) is 0 Å². The molecule has 2 aromatic heterocycles. The molecule has 6 nitrogen and oxygen atoms in total. The second-order valence-corrected chi connectivity index (χ2v) is 7.99. The lowest BCUT2D eigenvalue weighted by Gasteiger charge is -2.31. The van der Waals surface area contributed by atoms with Crippen molar-refractivity contribution in [2.75, 3.05) is 0 Å². The number of benzene rings is 1. The van der Waals surface area contributed by atoms with E-state index in [9.17, 15) is 4.79 Å². The Balaban J connectivity index is 1.33. The normalized spacial score (nSPS) is 21.4. The number of aromatic nitrogens is 1.